The number of amides is 1. The number of hydrazine groups is 1. The fraction of sp³-hybridized carbons (Fsp3) is 0.217. The lowest BCUT2D eigenvalue weighted by Crippen LogP contribution is -2.34. The minimum Gasteiger partial charge on any atom is -0.489 e. The molecule has 0 unspecified atom stereocenters. The summed E-state index contributed by atoms with van der Waals surface area (Å²) in [6.45, 7) is 6.20. The van der Waals surface area contributed by atoms with E-state index in [1.165, 1.54) is 4.57 Å². The highest BCUT2D eigenvalue weighted by atomic mass is 16.5. The summed E-state index contributed by atoms with van der Waals surface area (Å²) in [5, 5.41) is 4.43. The fourth-order valence-corrected chi connectivity index (χ4v) is 3.33. The predicted octanol–water partition coefficient (Wildman–Crippen LogP) is 3.36. The van der Waals surface area contributed by atoms with E-state index in [2.05, 4.69) is 21.0 Å². The number of rotatable bonds is 7. The summed E-state index contributed by atoms with van der Waals surface area (Å²) in [6, 6.07) is 13.9. The standard InChI is InChI=1S/C23H23N5O4/c1-4-28-22(30)18-10-5-6-11-20(18)24-23(28)26-25-21(29)16-8-7-9-17(12-16)31-13-19-14(2)27-32-15(19)3/h5-12H,4,13H2,1-3H3,(H,24,26)(H,25,29). The Balaban J connectivity index is 1.48. The van der Waals surface area contributed by atoms with E-state index in [4.69, 9.17) is 9.26 Å². The molecular formula is C23H23N5O4. The van der Waals surface area contributed by atoms with Gasteiger partial charge in [-0.25, -0.2) is 4.98 Å². The molecule has 4 rings (SSSR count). The summed E-state index contributed by atoms with van der Waals surface area (Å²) in [7, 11) is 0. The first-order valence-corrected chi connectivity index (χ1v) is 10.2. The topological polar surface area (TPSA) is 111 Å². The lowest BCUT2D eigenvalue weighted by molar-refractivity contribution is 0.0961. The number of fused-ring (bicyclic) bond motifs is 1. The first kappa shape index (κ1) is 21.1. The summed E-state index contributed by atoms with van der Waals surface area (Å²) in [6.07, 6.45) is 0. The van der Waals surface area contributed by atoms with Crippen LogP contribution in [0.15, 0.2) is 57.8 Å². The second-order valence-corrected chi connectivity index (χ2v) is 7.20. The molecule has 32 heavy (non-hydrogen) atoms. The number of carbonyl (C=O) groups is 1. The molecule has 2 aromatic carbocycles. The van der Waals surface area contributed by atoms with Crippen LogP contribution in [0.2, 0.25) is 0 Å². The van der Waals surface area contributed by atoms with Gasteiger partial charge < -0.3 is 9.26 Å². The third kappa shape index (κ3) is 4.18. The number of anilines is 1. The van der Waals surface area contributed by atoms with Crippen molar-refractivity contribution in [1.29, 1.82) is 0 Å². The zero-order chi connectivity index (χ0) is 22.7. The molecule has 0 saturated heterocycles. The van der Waals surface area contributed by atoms with Crippen LogP contribution in [0.5, 0.6) is 5.75 Å². The number of benzene rings is 2. The number of hydrogen-bond acceptors (Lipinski definition) is 7. The van der Waals surface area contributed by atoms with Crippen LogP contribution < -0.4 is 21.1 Å². The van der Waals surface area contributed by atoms with Gasteiger partial charge in [0.2, 0.25) is 5.95 Å². The summed E-state index contributed by atoms with van der Waals surface area (Å²) in [5.41, 5.74) is 7.79. The number of nitrogens with zero attached hydrogens (tertiary/aromatic N) is 3. The Morgan fingerprint density at radius 2 is 1.97 bits per heavy atom. The van der Waals surface area contributed by atoms with Crippen molar-refractivity contribution < 1.29 is 14.1 Å². The molecule has 0 fully saturated rings. The fourth-order valence-electron chi connectivity index (χ4n) is 3.33. The van der Waals surface area contributed by atoms with Crippen LogP contribution in [0.25, 0.3) is 10.9 Å². The smallest absolute Gasteiger partial charge is 0.269 e. The zero-order valence-electron chi connectivity index (χ0n) is 18.0. The van der Waals surface area contributed by atoms with E-state index in [-0.39, 0.29) is 18.1 Å². The van der Waals surface area contributed by atoms with E-state index in [9.17, 15) is 9.59 Å². The minimum absolute atomic E-state index is 0.176. The number of aromatic nitrogens is 3. The average molecular weight is 433 g/mol. The molecule has 0 saturated carbocycles. The van der Waals surface area contributed by atoms with Gasteiger partial charge in [-0.15, -0.1) is 0 Å². The number of aryl methyl sites for hydroxylation is 2. The number of para-hydroxylation sites is 1. The van der Waals surface area contributed by atoms with E-state index in [1.807, 2.05) is 26.8 Å². The molecule has 0 radical (unpaired) electrons. The van der Waals surface area contributed by atoms with Gasteiger partial charge in [-0.05, 0) is 51.1 Å². The van der Waals surface area contributed by atoms with E-state index in [1.54, 1.807) is 42.5 Å². The molecule has 1 amide bonds. The monoisotopic (exact) mass is 433 g/mol. The predicted molar refractivity (Wildman–Crippen MR) is 120 cm³/mol. The molecule has 0 aliphatic rings. The first-order valence-electron chi connectivity index (χ1n) is 10.2. The highest BCUT2D eigenvalue weighted by Gasteiger charge is 2.13. The molecule has 164 valence electrons. The minimum atomic E-state index is -0.391. The van der Waals surface area contributed by atoms with Crippen molar-refractivity contribution in [2.75, 3.05) is 5.43 Å². The van der Waals surface area contributed by atoms with Crippen molar-refractivity contribution in [2.24, 2.45) is 0 Å². The van der Waals surface area contributed by atoms with Gasteiger partial charge in [0.1, 0.15) is 18.1 Å². The van der Waals surface area contributed by atoms with Crippen LogP contribution in [-0.4, -0.2) is 20.6 Å². The quantitative estimate of drug-likeness (QED) is 0.430. The van der Waals surface area contributed by atoms with E-state index in [0.29, 0.717) is 34.5 Å². The maximum Gasteiger partial charge on any atom is 0.269 e. The van der Waals surface area contributed by atoms with Gasteiger partial charge in [0.15, 0.2) is 0 Å². The van der Waals surface area contributed by atoms with Crippen LogP contribution in [0.1, 0.15) is 34.3 Å². The van der Waals surface area contributed by atoms with Gasteiger partial charge in [-0.3, -0.25) is 25.0 Å². The summed E-state index contributed by atoms with van der Waals surface area (Å²) < 4.78 is 12.4. The maximum absolute atomic E-state index is 12.7. The molecule has 0 aliphatic heterocycles. The largest absolute Gasteiger partial charge is 0.489 e. The van der Waals surface area contributed by atoms with Crippen molar-refractivity contribution in [2.45, 2.75) is 33.9 Å². The second-order valence-electron chi connectivity index (χ2n) is 7.20. The number of hydrogen-bond donors (Lipinski definition) is 2. The van der Waals surface area contributed by atoms with Crippen molar-refractivity contribution in [3.63, 3.8) is 0 Å². The SMILES string of the molecule is CCn1c(NNC(=O)c2cccc(OCc3c(C)noc3C)c2)nc2ccccc2c1=O. The van der Waals surface area contributed by atoms with Crippen molar-refractivity contribution in [1.82, 2.24) is 20.1 Å². The van der Waals surface area contributed by atoms with Gasteiger partial charge in [0, 0.05) is 12.1 Å². The molecule has 9 nitrogen and oxygen atoms in total. The highest BCUT2D eigenvalue weighted by Crippen LogP contribution is 2.18. The Morgan fingerprint density at radius 1 is 1.16 bits per heavy atom. The van der Waals surface area contributed by atoms with Gasteiger partial charge in [0.25, 0.3) is 11.5 Å². The Morgan fingerprint density at radius 3 is 2.72 bits per heavy atom. The van der Waals surface area contributed by atoms with Crippen molar-refractivity contribution >= 4 is 22.8 Å². The molecule has 0 spiro atoms. The molecule has 0 bridgehead atoms. The second kappa shape index (κ2) is 8.93. The van der Waals surface area contributed by atoms with Crippen LogP contribution in [-0.2, 0) is 13.2 Å². The normalized spacial score (nSPS) is 10.8. The van der Waals surface area contributed by atoms with Crippen LogP contribution in [0.4, 0.5) is 5.95 Å². The lowest BCUT2D eigenvalue weighted by Gasteiger charge is -2.14. The number of nitrogens with one attached hydrogen (secondary N) is 2. The van der Waals surface area contributed by atoms with Gasteiger partial charge in [0.05, 0.1) is 22.2 Å². The average Bonchev–Trinajstić information content (AvgIpc) is 3.13. The molecule has 2 heterocycles. The first-order chi connectivity index (χ1) is 15.5. The molecule has 2 N–H and O–H groups in total. The third-order valence-corrected chi connectivity index (χ3v) is 5.13. The third-order valence-electron chi connectivity index (χ3n) is 5.13. The molecule has 0 atom stereocenters. The Bertz CT molecular complexity index is 1320. The summed E-state index contributed by atoms with van der Waals surface area (Å²) in [5.74, 6) is 1.10. The Labute approximate surface area is 184 Å². The van der Waals surface area contributed by atoms with Crippen LogP contribution in [0.3, 0.4) is 0 Å². The van der Waals surface area contributed by atoms with E-state index < -0.39 is 5.91 Å². The Hall–Kier alpha value is -4.14. The van der Waals surface area contributed by atoms with Gasteiger partial charge in [-0.2, -0.15) is 0 Å². The van der Waals surface area contributed by atoms with Crippen LogP contribution in [0, 0.1) is 13.8 Å². The van der Waals surface area contributed by atoms with E-state index in [0.717, 1.165) is 11.3 Å². The highest BCUT2D eigenvalue weighted by molar-refractivity contribution is 5.95. The zero-order valence-corrected chi connectivity index (χ0v) is 18.0. The molecule has 2 aromatic heterocycles. The number of carbonyl (C=O) groups excluding carboxylic acids is 1. The Kier molecular flexibility index (Phi) is 5.89. The van der Waals surface area contributed by atoms with Crippen molar-refractivity contribution in [3.8, 4) is 5.75 Å². The van der Waals surface area contributed by atoms with E-state index >= 15 is 0 Å². The van der Waals surface area contributed by atoms with Gasteiger partial charge >= 0.3 is 0 Å². The summed E-state index contributed by atoms with van der Waals surface area (Å²) in [4.78, 5) is 29.9. The van der Waals surface area contributed by atoms with Crippen LogP contribution >= 0.6 is 0 Å². The molecule has 9 heteroatoms. The number of ether oxygens (including phenoxy) is 1. The lowest BCUT2D eigenvalue weighted by atomic mass is 10.2. The maximum atomic E-state index is 12.7. The van der Waals surface area contributed by atoms with Gasteiger partial charge in [-0.1, -0.05) is 23.4 Å². The molecular weight excluding hydrogens is 410 g/mol. The summed E-state index contributed by atoms with van der Waals surface area (Å²) >= 11 is 0. The molecule has 4 aromatic rings. The van der Waals surface area contributed by atoms with Crippen molar-refractivity contribution in [3.05, 3.63) is 81.5 Å². The molecule has 0 aliphatic carbocycles.